The van der Waals surface area contributed by atoms with Crippen molar-refractivity contribution in [3.05, 3.63) is 0 Å². The van der Waals surface area contributed by atoms with E-state index in [-0.39, 0.29) is 0 Å². The molecule has 0 heterocycles. The van der Waals surface area contributed by atoms with Crippen molar-refractivity contribution >= 4 is 31.8 Å². The van der Waals surface area contributed by atoms with Crippen LogP contribution >= 0.6 is 23.2 Å². The van der Waals surface area contributed by atoms with E-state index in [0.717, 1.165) is 0 Å². The summed E-state index contributed by atoms with van der Waals surface area (Å²) < 4.78 is 10.2. The highest BCUT2D eigenvalue weighted by atomic mass is 35.5. The number of halogens is 2. The van der Waals surface area contributed by atoms with Crippen molar-refractivity contribution in [1.29, 1.82) is 0 Å². The van der Waals surface area contributed by atoms with Crippen LogP contribution in [0.5, 0.6) is 0 Å². The Morgan fingerprint density at radius 2 is 1.55 bits per heavy atom. The molecule has 0 aromatic rings. The minimum Gasteiger partial charge on any atom is -0.393 e. The third-order valence-electron chi connectivity index (χ3n) is 1.26. The molecule has 0 aliphatic carbocycles. The van der Waals surface area contributed by atoms with Gasteiger partial charge < -0.3 is 8.85 Å². The van der Waals surface area contributed by atoms with Crippen molar-refractivity contribution in [2.75, 3.05) is 13.2 Å². The minimum atomic E-state index is -2.30. The predicted molar refractivity (Wildman–Crippen MR) is 50.4 cm³/mol. The lowest BCUT2D eigenvalue weighted by Gasteiger charge is -2.26. The molecule has 0 radical (unpaired) electrons. The van der Waals surface area contributed by atoms with E-state index in [2.05, 4.69) is 0 Å². The molecule has 0 fully saturated rings. The van der Waals surface area contributed by atoms with Crippen LogP contribution in [0.2, 0.25) is 6.55 Å². The summed E-state index contributed by atoms with van der Waals surface area (Å²) in [7, 11) is -2.30. The van der Waals surface area contributed by atoms with Crippen LogP contribution in [0.25, 0.3) is 0 Å². The molecule has 0 rings (SSSR count). The molecule has 0 saturated heterocycles. The van der Waals surface area contributed by atoms with Gasteiger partial charge in [0.2, 0.25) is 0 Å². The van der Waals surface area contributed by atoms with Gasteiger partial charge in [-0.2, -0.15) is 0 Å². The SMILES string of the molecule is CCO[Si](C)(OCC)C(Cl)Cl. The fourth-order valence-corrected chi connectivity index (χ4v) is 2.98. The highest BCUT2D eigenvalue weighted by molar-refractivity contribution is 6.84. The highest BCUT2D eigenvalue weighted by Gasteiger charge is 2.38. The summed E-state index contributed by atoms with van der Waals surface area (Å²) in [5, 5.41) is 0. The molecule has 0 saturated carbocycles. The first-order valence-corrected chi connectivity index (χ1v) is 6.89. The van der Waals surface area contributed by atoms with Crippen molar-refractivity contribution in [2.45, 2.75) is 24.9 Å². The molecular formula is C6H14Cl2O2Si. The Hall–Kier alpha value is 0.717. The van der Waals surface area contributed by atoms with Crippen LogP contribution in [0.1, 0.15) is 13.8 Å². The second-order valence-electron chi connectivity index (χ2n) is 2.18. The van der Waals surface area contributed by atoms with Crippen molar-refractivity contribution in [1.82, 2.24) is 0 Å². The van der Waals surface area contributed by atoms with Gasteiger partial charge in [0.05, 0.1) is 0 Å². The number of rotatable bonds is 5. The Bertz CT molecular complexity index is 105. The van der Waals surface area contributed by atoms with Gasteiger partial charge >= 0.3 is 8.56 Å². The van der Waals surface area contributed by atoms with Gasteiger partial charge in [0, 0.05) is 13.2 Å². The molecule has 0 bridgehead atoms. The van der Waals surface area contributed by atoms with Gasteiger partial charge in [-0.1, -0.05) is 0 Å². The second kappa shape index (κ2) is 5.38. The predicted octanol–water partition coefficient (Wildman–Crippen LogP) is 2.47. The maximum Gasteiger partial charge on any atom is 0.369 e. The third-order valence-corrected chi connectivity index (χ3v) is 6.15. The summed E-state index contributed by atoms with van der Waals surface area (Å²) in [6.07, 6.45) is 0. The Morgan fingerprint density at radius 3 is 1.73 bits per heavy atom. The summed E-state index contributed by atoms with van der Waals surface area (Å²) >= 11 is 11.4. The Morgan fingerprint density at radius 1 is 1.18 bits per heavy atom. The molecule has 0 aliphatic rings. The summed E-state index contributed by atoms with van der Waals surface area (Å²) in [6, 6.07) is 0. The first-order chi connectivity index (χ1) is 5.06. The summed E-state index contributed by atoms with van der Waals surface area (Å²) in [4.78, 5) is 0. The quantitative estimate of drug-likeness (QED) is 0.520. The van der Waals surface area contributed by atoms with E-state index in [9.17, 15) is 0 Å². The zero-order valence-electron chi connectivity index (χ0n) is 7.06. The van der Waals surface area contributed by atoms with Gasteiger partial charge in [-0.25, -0.2) is 0 Å². The smallest absolute Gasteiger partial charge is 0.369 e. The number of hydrogen-bond acceptors (Lipinski definition) is 2. The molecule has 0 N–H and O–H groups in total. The summed E-state index contributed by atoms with van der Waals surface area (Å²) in [5.41, 5.74) is 0. The first kappa shape index (κ1) is 11.7. The fraction of sp³-hybridized carbons (Fsp3) is 1.00. The topological polar surface area (TPSA) is 18.5 Å². The Balaban J connectivity index is 4.01. The average Bonchev–Trinajstić information content (AvgIpc) is 1.88. The van der Waals surface area contributed by atoms with Crippen LogP contribution in [0, 0.1) is 0 Å². The molecule has 11 heavy (non-hydrogen) atoms. The molecule has 0 aromatic heterocycles. The fourth-order valence-electron chi connectivity index (χ4n) is 0.741. The molecule has 0 spiro atoms. The zero-order valence-corrected chi connectivity index (χ0v) is 9.58. The van der Waals surface area contributed by atoms with Crippen molar-refractivity contribution in [2.24, 2.45) is 0 Å². The van der Waals surface area contributed by atoms with Crippen molar-refractivity contribution in [3.63, 3.8) is 0 Å². The average molecular weight is 217 g/mol. The van der Waals surface area contributed by atoms with Crippen LogP contribution in [0.15, 0.2) is 0 Å². The Labute approximate surface area is 79.0 Å². The molecule has 0 amide bonds. The lowest BCUT2D eigenvalue weighted by atomic mass is 10.9. The van der Waals surface area contributed by atoms with Crippen molar-refractivity contribution in [3.8, 4) is 0 Å². The van der Waals surface area contributed by atoms with E-state index < -0.39 is 13.0 Å². The molecular weight excluding hydrogens is 203 g/mol. The zero-order chi connectivity index (χ0) is 8.91. The molecule has 2 nitrogen and oxygen atoms in total. The van der Waals surface area contributed by atoms with Gasteiger partial charge in [0.25, 0.3) is 0 Å². The normalized spacial score (nSPS) is 12.5. The Kier molecular flexibility index (Phi) is 5.73. The summed E-state index contributed by atoms with van der Waals surface area (Å²) in [5.74, 6) is 0. The second-order valence-corrected chi connectivity index (χ2v) is 7.20. The maximum absolute atomic E-state index is 5.72. The molecule has 0 atom stereocenters. The van der Waals surface area contributed by atoms with Gasteiger partial charge in [-0.15, -0.1) is 23.2 Å². The van der Waals surface area contributed by atoms with Gasteiger partial charge in [-0.05, 0) is 20.4 Å². The van der Waals surface area contributed by atoms with Crippen LogP contribution < -0.4 is 0 Å². The molecule has 0 aliphatic heterocycles. The van der Waals surface area contributed by atoms with Gasteiger partial charge in [-0.3, -0.25) is 0 Å². The van der Waals surface area contributed by atoms with E-state index in [1.807, 2.05) is 20.4 Å². The lowest BCUT2D eigenvalue weighted by molar-refractivity contribution is 0.192. The number of alkyl halides is 2. The number of hydrogen-bond donors (Lipinski definition) is 0. The van der Waals surface area contributed by atoms with Crippen LogP contribution in [-0.2, 0) is 8.85 Å². The first-order valence-electron chi connectivity index (χ1n) is 3.62. The maximum atomic E-state index is 5.72. The van der Waals surface area contributed by atoms with E-state index in [1.54, 1.807) is 0 Å². The van der Waals surface area contributed by atoms with Crippen molar-refractivity contribution < 1.29 is 8.85 Å². The lowest BCUT2D eigenvalue weighted by Crippen LogP contribution is -2.45. The van der Waals surface area contributed by atoms with Crippen LogP contribution in [0.4, 0.5) is 0 Å². The monoisotopic (exact) mass is 216 g/mol. The van der Waals surface area contributed by atoms with Crippen LogP contribution in [-0.4, -0.2) is 26.2 Å². The van der Waals surface area contributed by atoms with E-state index in [1.165, 1.54) is 0 Å². The molecule has 0 unspecified atom stereocenters. The summed E-state index contributed by atoms with van der Waals surface area (Å²) in [6.45, 7) is 6.86. The standard InChI is InChI=1S/C6H14Cl2O2Si/c1-4-9-11(3,6(7)8)10-5-2/h6H,4-5H2,1-3H3. The van der Waals surface area contributed by atoms with E-state index >= 15 is 0 Å². The third kappa shape index (κ3) is 3.76. The molecule has 68 valence electrons. The van der Waals surface area contributed by atoms with Crippen LogP contribution in [0.3, 0.4) is 0 Å². The largest absolute Gasteiger partial charge is 0.393 e. The molecule has 5 heteroatoms. The minimum absolute atomic E-state index is 0.526. The highest BCUT2D eigenvalue weighted by Crippen LogP contribution is 2.20. The van der Waals surface area contributed by atoms with Gasteiger partial charge in [0.15, 0.2) is 4.46 Å². The molecule has 0 aromatic carbocycles. The van der Waals surface area contributed by atoms with E-state index in [0.29, 0.717) is 13.2 Å². The van der Waals surface area contributed by atoms with Gasteiger partial charge in [0.1, 0.15) is 0 Å². The van der Waals surface area contributed by atoms with E-state index in [4.69, 9.17) is 32.1 Å².